The molecule has 1 N–H and O–H groups in total. The van der Waals surface area contributed by atoms with Crippen molar-refractivity contribution < 1.29 is 4.79 Å². The summed E-state index contributed by atoms with van der Waals surface area (Å²) in [7, 11) is 4.13. The van der Waals surface area contributed by atoms with Gasteiger partial charge in [0.2, 0.25) is 5.91 Å². The fraction of sp³-hybridized carbons (Fsp3) is 0.895. The molecule has 1 amide bonds. The highest BCUT2D eigenvalue weighted by molar-refractivity contribution is 5.86. The van der Waals surface area contributed by atoms with E-state index in [-0.39, 0.29) is 5.91 Å². The van der Waals surface area contributed by atoms with Crippen molar-refractivity contribution in [2.75, 3.05) is 79.5 Å². The van der Waals surface area contributed by atoms with Crippen molar-refractivity contribution >= 4 is 11.9 Å². The molecular formula is C19H40N6O. The highest BCUT2D eigenvalue weighted by Gasteiger charge is 2.15. The molecule has 0 bridgehead atoms. The van der Waals surface area contributed by atoms with Crippen molar-refractivity contribution in [2.24, 2.45) is 4.99 Å². The van der Waals surface area contributed by atoms with Gasteiger partial charge in [0.1, 0.15) is 0 Å². The molecule has 1 rings (SSSR count). The van der Waals surface area contributed by atoms with Crippen molar-refractivity contribution in [2.45, 2.75) is 33.6 Å². The van der Waals surface area contributed by atoms with Crippen LogP contribution in [-0.4, -0.2) is 111 Å². The summed E-state index contributed by atoms with van der Waals surface area (Å²) in [4.78, 5) is 25.7. The van der Waals surface area contributed by atoms with Crippen molar-refractivity contribution in [3.63, 3.8) is 0 Å². The summed E-state index contributed by atoms with van der Waals surface area (Å²) < 4.78 is 0. The number of unbranched alkanes of at least 4 members (excludes halogenated alkanes) is 1. The van der Waals surface area contributed by atoms with E-state index in [4.69, 9.17) is 4.99 Å². The van der Waals surface area contributed by atoms with E-state index in [0.29, 0.717) is 6.54 Å². The number of hydrogen-bond donors (Lipinski definition) is 1. The van der Waals surface area contributed by atoms with E-state index in [0.717, 1.165) is 45.1 Å². The largest absolute Gasteiger partial charge is 0.357 e. The number of aliphatic imine (C=N–C) groups is 1. The monoisotopic (exact) mass is 368 g/mol. The maximum Gasteiger partial charge on any atom is 0.242 e. The molecule has 0 aromatic heterocycles. The van der Waals surface area contributed by atoms with Crippen LogP contribution < -0.4 is 5.32 Å². The molecule has 1 saturated heterocycles. The summed E-state index contributed by atoms with van der Waals surface area (Å²) in [5, 5.41) is 3.30. The number of amides is 1. The molecule has 1 heterocycles. The Morgan fingerprint density at radius 2 is 1.73 bits per heavy atom. The third kappa shape index (κ3) is 8.36. The highest BCUT2D eigenvalue weighted by atomic mass is 16.2. The highest BCUT2D eigenvalue weighted by Crippen LogP contribution is 2.02. The number of nitrogens with zero attached hydrogens (tertiary/aromatic N) is 5. The van der Waals surface area contributed by atoms with Crippen LogP contribution in [0.25, 0.3) is 0 Å². The van der Waals surface area contributed by atoms with Gasteiger partial charge in [-0.15, -0.1) is 0 Å². The van der Waals surface area contributed by atoms with Crippen molar-refractivity contribution in [3.05, 3.63) is 0 Å². The van der Waals surface area contributed by atoms with Crippen molar-refractivity contribution in [3.8, 4) is 0 Å². The number of rotatable bonds is 10. The fourth-order valence-corrected chi connectivity index (χ4v) is 3.13. The molecule has 0 aromatic rings. The van der Waals surface area contributed by atoms with Gasteiger partial charge in [0.25, 0.3) is 0 Å². The Morgan fingerprint density at radius 1 is 1.08 bits per heavy atom. The molecule has 0 unspecified atom stereocenters. The molecule has 1 aliphatic heterocycles. The van der Waals surface area contributed by atoms with Crippen molar-refractivity contribution in [1.82, 2.24) is 24.9 Å². The zero-order chi connectivity index (χ0) is 19.4. The number of likely N-dealkylation sites (N-methyl/N-ethyl adjacent to an activating group) is 3. The van der Waals surface area contributed by atoms with Gasteiger partial charge in [-0.3, -0.25) is 9.79 Å². The summed E-state index contributed by atoms with van der Waals surface area (Å²) in [5.41, 5.74) is 0. The van der Waals surface area contributed by atoms with Crippen LogP contribution >= 0.6 is 0 Å². The summed E-state index contributed by atoms with van der Waals surface area (Å²) in [5.74, 6) is 0.978. The fourth-order valence-electron chi connectivity index (χ4n) is 3.13. The first kappa shape index (κ1) is 22.7. The third-order valence-corrected chi connectivity index (χ3v) is 4.92. The van der Waals surface area contributed by atoms with Crippen molar-refractivity contribution in [1.29, 1.82) is 0 Å². The predicted molar refractivity (Wildman–Crippen MR) is 110 cm³/mol. The number of carbonyl (C=O) groups is 1. The van der Waals surface area contributed by atoms with Gasteiger partial charge in [0.05, 0.1) is 6.54 Å². The standard InChI is InChI=1S/C19H40N6O/c1-6-20-19(23(5)17-18(26)25(7-2)8-3)21-11-9-10-12-24-15-13-22(4)14-16-24/h6-17H2,1-5H3,(H,20,21). The molecule has 0 atom stereocenters. The zero-order valence-electron chi connectivity index (χ0n) is 17.6. The molecular weight excluding hydrogens is 328 g/mol. The molecule has 152 valence electrons. The maximum absolute atomic E-state index is 12.3. The summed E-state index contributed by atoms with van der Waals surface area (Å²) in [6.45, 7) is 15.4. The average molecular weight is 369 g/mol. The van der Waals surface area contributed by atoms with E-state index in [1.54, 1.807) is 0 Å². The predicted octanol–water partition coefficient (Wildman–Crippen LogP) is 0.780. The van der Waals surface area contributed by atoms with E-state index in [2.05, 4.69) is 29.1 Å². The van der Waals surface area contributed by atoms with Crippen LogP contribution in [0.2, 0.25) is 0 Å². The minimum atomic E-state index is 0.151. The van der Waals surface area contributed by atoms with E-state index >= 15 is 0 Å². The van der Waals surface area contributed by atoms with E-state index in [1.807, 2.05) is 30.7 Å². The lowest BCUT2D eigenvalue weighted by molar-refractivity contribution is -0.131. The number of carbonyl (C=O) groups excluding carboxylic acids is 1. The minimum Gasteiger partial charge on any atom is -0.357 e. The van der Waals surface area contributed by atoms with Gasteiger partial charge >= 0.3 is 0 Å². The van der Waals surface area contributed by atoms with Crippen LogP contribution in [0.1, 0.15) is 33.6 Å². The minimum absolute atomic E-state index is 0.151. The number of hydrogen-bond acceptors (Lipinski definition) is 4. The number of guanidine groups is 1. The smallest absolute Gasteiger partial charge is 0.242 e. The Morgan fingerprint density at radius 3 is 2.31 bits per heavy atom. The number of piperazine rings is 1. The Hall–Kier alpha value is -1.34. The van der Waals surface area contributed by atoms with Gasteiger partial charge in [0.15, 0.2) is 5.96 Å². The first-order valence-electron chi connectivity index (χ1n) is 10.2. The van der Waals surface area contributed by atoms with Gasteiger partial charge in [-0.05, 0) is 47.2 Å². The van der Waals surface area contributed by atoms with Crippen LogP contribution in [-0.2, 0) is 4.79 Å². The van der Waals surface area contributed by atoms with Gasteiger partial charge in [-0.2, -0.15) is 0 Å². The first-order valence-corrected chi connectivity index (χ1v) is 10.2. The molecule has 0 aliphatic carbocycles. The summed E-state index contributed by atoms with van der Waals surface area (Å²) >= 11 is 0. The molecule has 7 nitrogen and oxygen atoms in total. The van der Waals surface area contributed by atoms with E-state index < -0.39 is 0 Å². The molecule has 0 radical (unpaired) electrons. The molecule has 26 heavy (non-hydrogen) atoms. The lowest BCUT2D eigenvalue weighted by atomic mass is 10.2. The Balaban J connectivity index is 2.36. The zero-order valence-corrected chi connectivity index (χ0v) is 17.6. The molecule has 0 spiro atoms. The number of nitrogens with one attached hydrogen (secondary N) is 1. The SMILES string of the molecule is CCNC(=NCCCCN1CCN(C)CC1)N(C)CC(=O)N(CC)CC. The molecule has 0 saturated carbocycles. The van der Waals surface area contributed by atoms with Gasteiger partial charge in [-0.25, -0.2) is 0 Å². The summed E-state index contributed by atoms with van der Waals surface area (Å²) in [6, 6.07) is 0. The van der Waals surface area contributed by atoms with Gasteiger partial charge < -0.3 is 24.9 Å². The molecule has 1 aliphatic rings. The quantitative estimate of drug-likeness (QED) is 0.351. The average Bonchev–Trinajstić information content (AvgIpc) is 2.63. The third-order valence-electron chi connectivity index (χ3n) is 4.92. The second kappa shape index (κ2) is 12.9. The van der Waals surface area contributed by atoms with E-state index in [1.165, 1.54) is 32.6 Å². The topological polar surface area (TPSA) is 54.4 Å². The summed E-state index contributed by atoms with van der Waals surface area (Å²) in [6.07, 6.45) is 2.26. The maximum atomic E-state index is 12.3. The van der Waals surface area contributed by atoms with E-state index in [9.17, 15) is 4.79 Å². The molecule has 0 aromatic carbocycles. The van der Waals surface area contributed by atoms with Crippen LogP contribution in [0.15, 0.2) is 4.99 Å². The van der Waals surface area contributed by atoms with Crippen LogP contribution in [0, 0.1) is 0 Å². The lowest BCUT2D eigenvalue weighted by Crippen LogP contribution is -2.45. The second-order valence-electron chi connectivity index (χ2n) is 7.01. The Kier molecular flexibility index (Phi) is 11.3. The van der Waals surface area contributed by atoms with Gasteiger partial charge in [0, 0.05) is 59.4 Å². The van der Waals surface area contributed by atoms with Crippen LogP contribution in [0.4, 0.5) is 0 Å². The Labute approximate surface area is 160 Å². The normalized spacial score (nSPS) is 16.6. The van der Waals surface area contributed by atoms with Crippen LogP contribution in [0.3, 0.4) is 0 Å². The molecule has 1 fully saturated rings. The van der Waals surface area contributed by atoms with Gasteiger partial charge in [-0.1, -0.05) is 0 Å². The lowest BCUT2D eigenvalue weighted by Gasteiger charge is -2.32. The first-order chi connectivity index (χ1) is 12.5. The molecule has 7 heteroatoms. The van der Waals surface area contributed by atoms with Crippen LogP contribution in [0.5, 0.6) is 0 Å². The second-order valence-corrected chi connectivity index (χ2v) is 7.01. The Bertz CT molecular complexity index is 416.